The van der Waals surface area contributed by atoms with E-state index in [2.05, 4.69) is 10.6 Å². The Balaban J connectivity index is 1.55. The van der Waals surface area contributed by atoms with Crippen LogP contribution in [-0.4, -0.2) is 49.6 Å². The lowest BCUT2D eigenvalue weighted by Crippen LogP contribution is -2.41. The van der Waals surface area contributed by atoms with Crippen molar-refractivity contribution in [3.8, 4) is 0 Å². The van der Waals surface area contributed by atoms with Crippen molar-refractivity contribution in [2.45, 2.75) is 0 Å². The van der Waals surface area contributed by atoms with Gasteiger partial charge < -0.3 is 15.4 Å². The monoisotopic (exact) mass is 391 g/mol. The average Bonchev–Trinajstić information content (AvgIpc) is 2.64. The molecule has 3 rings (SSSR count). The van der Waals surface area contributed by atoms with Crippen molar-refractivity contribution in [2.24, 2.45) is 0 Å². The second-order valence-electron chi connectivity index (χ2n) is 6.09. The summed E-state index contributed by atoms with van der Waals surface area (Å²) in [6, 6.07) is 10.3. The maximum absolute atomic E-state index is 13.1. The van der Waals surface area contributed by atoms with Crippen molar-refractivity contribution in [3.63, 3.8) is 0 Å². The Morgan fingerprint density at radius 1 is 1.04 bits per heavy atom. The lowest BCUT2D eigenvalue weighted by molar-refractivity contribution is -0.118. The molecule has 1 fully saturated rings. The molecule has 1 heterocycles. The fraction of sp³-hybridized carbons (Fsp3) is 0.263. The lowest BCUT2D eigenvalue weighted by Gasteiger charge is -2.25. The van der Waals surface area contributed by atoms with Crippen LogP contribution >= 0.6 is 11.6 Å². The number of halogens is 2. The highest BCUT2D eigenvalue weighted by molar-refractivity contribution is 6.34. The van der Waals surface area contributed by atoms with Crippen LogP contribution in [0.1, 0.15) is 10.4 Å². The normalized spacial score (nSPS) is 14.6. The zero-order valence-electron chi connectivity index (χ0n) is 14.5. The maximum atomic E-state index is 13.1. The summed E-state index contributed by atoms with van der Waals surface area (Å²) in [6.45, 7) is 3.07. The molecule has 142 valence electrons. The number of benzene rings is 2. The minimum atomic E-state index is -0.506. The number of morpholine rings is 1. The highest BCUT2D eigenvalue weighted by Crippen LogP contribution is 2.20. The van der Waals surface area contributed by atoms with Gasteiger partial charge in [0.15, 0.2) is 0 Å². The number of amides is 2. The van der Waals surface area contributed by atoms with Crippen LogP contribution in [-0.2, 0) is 9.53 Å². The summed E-state index contributed by atoms with van der Waals surface area (Å²) >= 11 is 5.89. The fourth-order valence-electron chi connectivity index (χ4n) is 2.67. The molecule has 0 unspecified atom stereocenters. The first-order valence-corrected chi connectivity index (χ1v) is 8.85. The smallest absolute Gasteiger partial charge is 0.257 e. The predicted molar refractivity (Wildman–Crippen MR) is 102 cm³/mol. The summed E-state index contributed by atoms with van der Waals surface area (Å²) in [7, 11) is 0. The molecule has 2 aromatic carbocycles. The Morgan fingerprint density at radius 3 is 2.30 bits per heavy atom. The van der Waals surface area contributed by atoms with Crippen molar-refractivity contribution in [2.75, 3.05) is 43.5 Å². The van der Waals surface area contributed by atoms with Gasteiger partial charge in [0.05, 0.1) is 30.3 Å². The van der Waals surface area contributed by atoms with Gasteiger partial charge in [-0.05, 0) is 42.5 Å². The van der Waals surface area contributed by atoms with Gasteiger partial charge in [0, 0.05) is 24.5 Å². The highest BCUT2D eigenvalue weighted by atomic mass is 35.5. The average molecular weight is 392 g/mol. The second kappa shape index (κ2) is 8.94. The van der Waals surface area contributed by atoms with Gasteiger partial charge in [0.2, 0.25) is 5.91 Å². The topological polar surface area (TPSA) is 70.7 Å². The number of hydrogen-bond acceptors (Lipinski definition) is 4. The van der Waals surface area contributed by atoms with Crippen LogP contribution in [0.5, 0.6) is 0 Å². The van der Waals surface area contributed by atoms with Crippen molar-refractivity contribution < 1.29 is 18.7 Å². The maximum Gasteiger partial charge on any atom is 0.257 e. The predicted octanol–water partition coefficient (Wildman–Crippen LogP) is 3.00. The number of ether oxygens (including phenoxy) is 1. The molecular formula is C19H19ClFN3O3. The first-order chi connectivity index (χ1) is 13.0. The molecule has 1 aliphatic rings. The van der Waals surface area contributed by atoms with E-state index in [4.69, 9.17) is 16.3 Å². The van der Waals surface area contributed by atoms with Crippen LogP contribution in [0.25, 0.3) is 0 Å². The summed E-state index contributed by atoms with van der Waals surface area (Å²) in [5.74, 6) is -1.05. The molecule has 0 aromatic heterocycles. The Kier molecular flexibility index (Phi) is 6.39. The molecule has 2 N–H and O–H groups in total. The molecule has 0 radical (unpaired) electrons. The molecule has 2 aromatic rings. The molecule has 6 nitrogen and oxygen atoms in total. The molecule has 1 saturated heterocycles. The molecular weight excluding hydrogens is 373 g/mol. The van der Waals surface area contributed by atoms with E-state index in [1.165, 1.54) is 12.1 Å². The molecule has 0 atom stereocenters. The number of rotatable bonds is 5. The third-order valence-electron chi connectivity index (χ3n) is 4.07. The van der Waals surface area contributed by atoms with E-state index in [-0.39, 0.29) is 16.5 Å². The number of carbonyl (C=O) groups is 2. The molecule has 0 bridgehead atoms. The minimum absolute atomic E-state index is 0.0412. The van der Waals surface area contributed by atoms with Gasteiger partial charge in [-0.15, -0.1) is 0 Å². The number of nitrogens with one attached hydrogen (secondary N) is 2. The SMILES string of the molecule is O=C(CN1CCOCC1)Nc1ccc(NC(=O)c2ccc(F)cc2Cl)cc1. The van der Waals surface area contributed by atoms with E-state index < -0.39 is 11.7 Å². The summed E-state index contributed by atoms with van der Waals surface area (Å²) in [5.41, 5.74) is 1.35. The van der Waals surface area contributed by atoms with Gasteiger partial charge in [-0.25, -0.2) is 4.39 Å². The third-order valence-corrected chi connectivity index (χ3v) is 4.39. The fourth-order valence-corrected chi connectivity index (χ4v) is 2.92. The van der Waals surface area contributed by atoms with Crippen LogP contribution in [0.2, 0.25) is 5.02 Å². The largest absolute Gasteiger partial charge is 0.379 e. The van der Waals surface area contributed by atoms with Crippen molar-refractivity contribution in [1.82, 2.24) is 4.90 Å². The highest BCUT2D eigenvalue weighted by Gasteiger charge is 2.14. The van der Waals surface area contributed by atoms with E-state index >= 15 is 0 Å². The van der Waals surface area contributed by atoms with E-state index in [1.54, 1.807) is 24.3 Å². The molecule has 0 spiro atoms. The van der Waals surface area contributed by atoms with Gasteiger partial charge >= 0.3 is 0 Å². The van der Waals surface area contributed by atoms with Crippen molar-refractivity contribution in [3.05, 3.63) is 58.9 Å². The Hall–Kier alpha value is -2.48. The zero-order chi connectivity index (χ0) is 19.2. The molecule has 0 aliphatic carbocycles. The summed E-state index contributed by atoms with van der Waals surface area (Å²) in [5, 5.41) is 5.55. The number of anilines is 2. The standard InChI is InChI=1S/C19H19ClFN3O3/c20-17-11-13(21)1-6-16(17)19(26)23-15-4-2-14(3-5-15)22-18(25)12-24-7-9-27-10-8-24/h1-6,11H,7-10,12H2,(H,22,25)(H,23,26). The Morgan fingerprint density at radius 2 is 1.67 bits per heavy atom. The van der Waals surface area contributed by atoms with Gasteiger partial charge in [-0.1, -0.05) is 11.6 Å². The van der Waals surface area contributed by atoms with Gasteiger partial charge in [0.1, 0.15) is 5.82 Å². The summed E-state index contributed by atoms with van der Waals surface area (Å²) < 4.78 is 18.3. The van der Waals surface area contributed by atoms with Crippen LogP contribution < -0.4 is 10.6 Å². The van der Waals surface area contributed by atoms with Crippen LogP contribution in [0.3, 0.4) is 0 Å². The van der Waals surface area contributed by atoms with Crippen LogP contribution in [0, 0.1) is 5.82 Å². The summed E-state index contributed by atoms with van der Waals surface area (Å²) in [4.78, 5) is 26.3. The molecule has 2 amide bonds. The van der Waals surface area contributed by atoms with E-state index in [9.17, 15) is 14.0 Å². The van der Waals surface area contributed by atoms with E-state index in [0.717, 1.165) is 19.2 Å². The number of carbonyl (C=O) groups excluding carboxylic acids is 2. The lowest BCUT2D eigenvalue weighted by atomic mass is 10.2. The molecule has 1 aliphatic heterocycles. The Bertz CT molecular complexity index is 823. The first kappa shape index (κ1) is 19.3. The number of hydrogen-bond donors (Lipinski definition) is 2. The van der Waals surface area contributed by atoms with Gasteiger partial charge in [0.25, 0.3) is 5.91 Å². The quantitative estimate of drug-likeness (QED) is 0.822. The van der Waals surface area contributed by atoms with E-state index in [1.807, 2.05) is 4.90 Å². The van der Waals surface area contributed by atoms with E-state index in [0.29, 0.717) is 31.1 Å². The second-order valence-corrected chi connectivity index (χ2v) is 6.50. The van der Waals surface area contributed by atoms with Crippen LogP contribution in [0.4, 0.5) is 15.8 Å². The first-order valence-electron chi connectivity index (χ1n) is 8.48. The van der Waals surface area contributed by atoms with Gasteiger partial charge in [-0.2, -0.15) is 0 Å². The summed E-state index contributed by atoms with van der Waals surface area (Å²) in [6.07, 6.45) is 0. The minimum Gasteiger partial charge on any atom is -0.379 e. The Labute approximate surface area is 161 Å². The van der Waals surface area contributed by atoms with Crippen LogP contribution in [0.15, 0.2) is 42.5 Å². The van der Waals surface area contributed by atoms with Gasteiger partial charge in [-0.3, -0.25) is 14.5 Å². The molecule has 27 heavy (non-hydrogen) atoms. The third kappa shape index (κ3) is 5.50. The van der Waals surface area contributed by atoms with Crippen molar-refractivity contribution in [1.29, 1.82) is 0 Å². The zero-order valence-corrected chi connectivity index (χ0v) is 15.3. The molecule has 0 saturated carbocycles. The number of nitrogens with zero attached hydrogens (tertiary/aromatic N) is 1. The van der Waals surface area contributed by atoms with Crippen molar-refractivity contribution >= 4 is 34.8 Å². The molecule has 8 heteroatoms.